The van der Waals surface area contributed by atoms with Gasteiger partial charge in [-0.2, -0.15) is 5.26 Å². The van der Waals surface area contributed by atoms with Crippen molar-refractivity contribution in [1.29, 1.82) is 5.26 Å². The summed E-state index contributed by atoms with van der Waals surface area (Å²) in [5.41, 5.74) is 4.65. The van der Waals surface area contributed by atoms with Crippen LogP contribution in [0.1, 0.15) is 55.6 Å². The van der Waals surface area contributed by atoms with Crippen molar-refractivity contribution >= 4 is 22.4 Å². The smallest absolute Gasteiger partial charge is 0.139 e. The molecule has 5 rings (SSSR count). The summed E-state index contributed by atoms with van der Waals surface area (Å²) in [5, 5.41) is 10.8. The number of aromatic amines is 1. The number of nitriles is 1. The molecule has 0 radical (unpaired) electrons. The molecule has 2 aromatic rings. The number of hydrogen-bond donors (Lipinski definition) is 1. The van der Waals surface area contributed by atoms with Crippen LogP contribution in [0.25, 0.3) is 11.0 Å². The zero-order valence-electron chi connectivity index (χ0n) is 17.4. The van der Waals surface area contributed by atoms with E-state index in [0.717, 1.165) is 94.8 Å². The molecule has 2 saturated heterocycles. The quantitative estimate of drug-likeness (QED) is 0.839. The van der Waals surface area contributed by atoms with Gasteiger partial charge >= 0.3 is 0 Å². The van der Waals surface area contributed by atoms with Gasteiger partial charge < -0.3 is 14.5 Å². The molecule has 0 unspecified atom stereocenters. The highest BCUT2D eigenvalue weighted by Crippen LogP contribution is 2.39. The van der Waals surface area contributed by atoms with Gasteiger partial charge in [0.2, 0.25) is 0 Å². The van der Waals surface area contributed by atoms with Crippen LogP contribution in [0.5, 0.6) is 0 Å². The Balaban J connectivity index is 1.43. The molecule has 7 heteroatoms. The Bertz CT molecular complexity index is 954. The van der Waals surface area contributed by atoms with Crippen LogP contribution in [-0.2, 0) is 9.47 Å². The predicted molar refractivity (Wildman–Crippen MR) is 115 cm³/mol. The van der Waals surface area contributed by atoms with Gasteiger partial charge in [-0.15, -0.1) is 0 Å². The summed E-state index contributed by atoms with van der Waals surface area (Å²) in [6.45, 7) is 5.35. The maximum absolute atomic E-state index is 9.75. The van der Waals surface area contributed by atoms with Gasteiger partial charge in [-0.05, 0) is 50.0 Å². The molecule has 2 aromatic heterocycles. The number of aromatic nitrogens is 2. The number of rotatable bonds is 3. The number of pyridine rings is 1. The second kappa shape index (κ2) is 8.84. The minimum absolute atomic E-state index is 0.430. The summed E-state index contributed by atoms with van der Waals surface area (Å²) < 4.78 is 11.0. The standard InChI is InChI=1S/C23H29N5O2/c24-13-17-14-25-23-21(20(15-26-23)16-5-9-29-10-6-16)22(17)27-18-1-3-19(4-2-18)28-7-11-30-12-8-28/h14-16,19H,1-12H2,(H,25,26). The Labute approximate surface area is 177 Å². The normalized spacial score (nSPS) is 24.1. The first-order chi connectivity index (χ1) is 14.8. The van der Waals surface area contributed by atoms with E-state index in [1.165, 1.54) is 11.3 Å². The molecule has 1 saturated carbocycles. The molecule has 3 aliphatic rings. The Morgan fingerprint density at radius 3 is 2.53 bits per heavy atom. The Kier molecular flexibility index (Phi) is 5.80. The van der Waals surface area contributed by atoms with Crippen LogP contribution in [0.15, 0.2) is 17.4 Å². The zero-order chi connectivity index (χ0) is 20.3. The number of ether oxygens (including phenoxy) is 2. The van der Waals surface area contributed by atoms with Crippen LogP contribution in [-0.4, -0.2) is 66.1 Å². The minimum atomic E-state index is 0.430. The van der Waals surface area contributed by atoms with E-state index in [-0.39, 0.29) is 0 Å². The molecule has 158 valence electrons. The van der Waals surface area contributed by atoms with Gasteiger partial charge in [0.25, 0.3) is 0 Å². The van der Waals surface area contributed by atoms with Crippen molar-refractivity contribution in [2.24, 2.45) is 4.99 Å². The molecule has 0 amide bonds. The van der Waals surface area contributed by atoms with E-state index >= 15 is 0 Å². The van der Waals surface area contributed by atoms with Crippen LogP contribution < -0.4 is 0 Å². The van der Waals surface area contributed by atoms with Gasteiger partial charge in [-0.25, -0.2) is 4.98 Å². The molecule has 0 aromatic carbocycles. The summed E-state index contributed by atoms with van der Waals surface area (Å²) in [7, 11) is 0. The molecule has 3 fully saturated rings. The van der Waals surface area contributed by atoms with Crippen molar-refractivity contribution in [3.8, 4) is 6.07 Å². The Hall–Kier alpha value is -2.27. The van der Waals surface area contributed by atoms with Crippen molar-refractivity contribution in [2.75, 3.05) is 39.5 Å². The largest absolute Gasteiger partial charge is 0.381 e. The van der Waals surface area contributed by atoms with Crippen LogP contribution in [0.3, 0.4) is 0 Å². The lowest BCUT2D eigenvalue weighted by Crippen LogP contribution is -2.45. The highest BCUT2D eigenvalue weighted by Gasteiger charge is 2.26. The minimum Gasteiger partial charge on any atom is -0.381 e. The molecule has 30 heavy (non-hydrogen) atoms. The highest BCUT2D eigenvalue weighted by molar-refractivity contribution is 5.98. The van der Waals surface area contributed by atoms with E-state index in [0.29, 0.717) is 17.5 Å². The third-order valence-corrected chi connectivity index (χ3v) is 6.85. The Morgan fingerprint density at radius 1 is 1.07 bits per heavy atom. The number of nitrogens with one attached hydrogen (secondary N) is 1. The van der Waals surface area contributed by atoms with Crippen molar-refractivity contribution in [1.82, 2.24) is 14.9 Å². The highest BCUT2D eigenvalue weighted by atomic mass is 16.5. The summed E-state index contributed by atoms with van der Waals surface area (Å²) in [6.07, 6.45) is 9.98. The summed E-state index contributed by atoms with van der Waals surface area (Å²) >= 11 is 0. The molecule has 0 bridgehead atoms. The number of fused-ring (bicyclic) bond motifs is 1. The first kappa shape index (κ1) is 19.7. The van der Waals surface area contributed by atoms with E-state index in [1.807, 2.05) is 0 Å². The van der Waals surface area contributed by atoms with Gasteiger partial charge in [0.15, 0.2) is 0 Å². The fourth-order valence-electron chi connectivity index (χ4n) is 5.14. The van der Waals surface area contributed by atoms with E-state index in [2.05, 4.69) is 27.1 Å². The lowest BCUT2D eigenvalue weighted by molar-refractivity contribution is 0.0125. The van der Waals surface area contributed by atoms with Crippen molar-refractivity contribution in [2.45, 2.75) is 50.5 Å². The summed E-state index contributed by atoms with van der Waals surface area (Å²) in [6, 6.07) is 2.96. The SMILES string of the molecule is N#Cc1cnc2[nH]cc(C3CCOCC3)c2c1N=C1CCC(N2CCOCC2)CC1. The topological polar surface area (TPSA) is 86.5 Å². The second-order valence-corrected chi connectivity index (χ2v) is 8.54. The number of hydrogen-bond acceptors (Lipinski definition) is 6. The Morgan fingerprint density at radius 2 is 1.80 bits per heavy atom. The first-order valence-corrected chi connectivity index (χ1v) is 11.2. The third-order valence-electron chi connectivity index (χ3n) is 6.85. The van der Waals surface area contributed by atoms with Crippen molar-refractivity contribution in [3.05, 3.63) is 23.5 Å². The molecular formula is C23H29N5O2. The van der Waals surface area contributed by atoms with Gasteiger partial charge in [0, 0.05) is 55.8 Å². The number of H-pyrrole nitrogens is 1. The molecular weight excluding hydrogens is 378 g/mol. The second-order valence-electron chi connectivity index (χ2n) is 8.54. The lowest BCUT2D eigenvalue weighted by Gasteiger charge is -2.36. The van der Waals surface area contributed by atoms with Crippen LogP contribution in [0.4, 0.5) is 5.69 Å². The maximum Gasteiger partial charge on any atom is 0.139 e. The average Bonchev–Trinajstić information content (AvgIpc) is 3.26. The van der Waals surface area contributed by atoms with Gasteiger partial charge in [0.1, 0.15) is 11.7 Å². The predicted octanol–water partition coefficient (Wildman–Crippen LogP) is 3.68. The lowest BCUT2D eigenvalue weighted by atomic mass is 9.90. The number of aliphatic imine (C=N–C) groups is 1. The summed E-state index contributed by atoms with van der Waals surface area (Å²) in [5.74, 6) is 0.430. The molecule has 4 heterocycles. The maximum atomic E-state index is 9.75. The molecule has 0 atom stereocenters. The molecule has 1 aliphatic carbocycles. The van der Waals surface area contributed by atoms with Crippen LogP contribution >= 0.6 is 0 Å². The monoisotopic (exact) mass is 407 g/mol. The third kappa shape index (κ3) is 3.87. The van der Waals surface area contributed by atoms with E-state index in [4.69, 9.17) is 14.5 Å². The molecule has 0 spiro atoms. The van der Waals surface area contributed by atoms with Crippen molar-refractivity contribution in [3.63, 3.8) is 0 Å². The first-order valence-electron chi connectivity index (χ1n) is 11.2. The molecule has 2 aliphatic heterocycles. The molecule has 1 N–H and O–H groups in total. The van der Waals surface area contributed by atoms with Gasteiger partial charge in [0.05, 0.1) is 24.5 Å². The number of morpholine rings is 1. The van der Waals surface area contributed by atoms with E-state index in [9.17, 15) is 5.26 Å². The van der Waals surface area contributed by atoms with Gasteiger partial charge in [-0.3, -0.25) is 9.89 Å². The zero-order valence-corrected chi connectivity index (χ0v) is 17.4. The van der Waals surface area contributed by atoms with E-state index < -0.39 is 0 Å². The van der Waals surface area contributed by atoms with E-state index in [1.54, 1.807) is 6.20 Å². The van der Waals surface area contributed by atoms with Gasteiger partial charge in [-0.1, -0.05) is 0 Å². The fourth-order valence-corrected chi connectivity index (χ4v) is 5.14. The van der Waals surface area contributed by atoms with Crippen LogP contribution in [0.2, 0.25) is 0 Å². The van der Waals surface area contributed by atoms with Crippen molar-refractivity contribution < 1.29 is 9.47 Å². The molecule has 7 nitrogen and oxygen atoms in total. The fraction of sp³-hybridized carbons (Fsp3) is 0.609. The summed E-state index contributed by atoms with van der Waals surface area (Å²) in [4.78, 5) is 15.5. The van der Waals surface area contributed by atoms with Crippen LogP contribution in [0, 0.1) is 11.3 Å². The average molecular weight is 408 g/mol. The number of nitrogens with zero attached hydrogens (tertiary/aromatic N) is 4.